The fourth-order valence-corrected chi connectivity index (χ4v) is 6.88. The van der Waals surface area contributed by atoms with Gasteiger partial charge in [0.05, 0.1) is 22.6 Å². The number of fused-ring (bicyclic) bond motifs is 3. The second-order valence-electron chi connectivity index (χ2n) is 8.43. The molecular weight excluding hydrogens is 526 g/mol. The number of amides is 1. The van der Waals surface area contributed by atoms with E-state index >= 15 is 0 Å². The van der Waals surface area contributed by atoms with Gasteiger partial charge in [-0.2, -0.15) is 0 Å². The van der Waals surface area contributed by atoms with E-state index in [4.69, 9.17) is 4.74 Å². The molecule has 9 nitrogen and oxygen atoms in total. The molecule has 0 bridgehead atoms. The Hall–Kier alpha value is -4.35. The van der Waals surface area contributed by atoms with Crippen molar-refractivity contribution in [2.24, 2.45) is 0 Å². The maximum atomic E-state index is 13.4. The standard InChI is InChI=1S/C27H23N3O6S2/c1-36-21-14-10-20(11-15-21)29-37(32,33)22-16-12-19(13-17-22)28-27(31)18-30-25-8-4-2-6-23(25)24-7-3-5-9-26(24)38(30,34)35/h2-17,29H,18H2,1H3,(H,28,31). The second kappa shape index (κ2) is 9.84. The van der Waals surface area contributed by atoms with Crippen molar-refractivity contribution in [1.29, 1.82) is 0 Å². The van der Waals surface area contributed by atoms with Crippen LogP contribution in [0.15, 0.2) is 107 Å². The largest absolute Gasteiger partial charge is 0.497 e. The number of ether oxygens (including phenoxy) is 1. The van der Waals surface area contributed by atoms with Gasteiger partial charge in [-0.3, -0.25) is 13.8 Å². The van der Waals surface area contributed by atoms with Crippen molar-refractivity contribution in [3.8, 4) is 16.9 Å². The molecule has 5 rings (SSSR count). The van der Waals surface area contributed by atoms with Crippen molar-refractivity contribution in [3.63, 3.8) is 0 Å². The monoisotopic (exact) mass is 549 g/mol. The van der Waals surface area contributed by atoms with Crippen LogP contribution in [0.1, 0.15) is 0 Å². The molecule has 0 aromatic heterocycles. The molecule has 1 aliphatic rings. The number of sulfonamides is 2. The lowest BCUT2D eigenvalue weighted by atomic mass is 10.0. The zero-order valence-electron chi connectivity index (χ0n) is 20.2. The maximum absolute atomic E-state index is 13.4. The predicted octanol–water partition coefficient (Wildman–Crippen LogP) is 4.31. The number of nitrogens with one attached hydrogen (secondary N) is 2. The Kier molecular flexibility index (Phi) is 6.55. The number of hydrogen-bond acceptors (Lipinski definition) is 6. The molecule has 2 N–H and O–H groups in total. The van der Waals surface area contributed by atoms with E-state index in [2.05, 4.69) is 10.0 Å². The summed E-state index contributed by atoms with van der Waals surface area (Å²) in [6.07, 6.45) is 0. The van der Waals surface area contributed by atoms with Crippen LogP contribution in [0.25, 0.3) is 11.1 Å². The molecule has 194 valence electrons. The fourth-order valence-electron chi connectivity index (χ4n) is 4.17. The Balaban J connectivity index is 1.32. The summed E-state index contributed by atoms with van der Waals surface area (Å²) in [6, 6.07) is 25.7. The molecule has 0 spiro atoms. The Morgan fingerprint density at radius 3 is 2.11 bits per heavy atom. The van der Waals surface area contributed by atoms with Gasteiger partial charge in [-0.1, -0.05) is 36.4 Å². The van der Waals surface area contributed by atoms with Gasteiger partial charge in [-0.05, 0) is 60.7 Å². The Morgan fingerprint density at radius 1 is 0.816 bits per heavy atom. The van der Waals surface area contributed by atoms with Crippen molar-refractivity contribution in [3.05, 3.63) is 97.1 Å². The van der Waals surface area contributed by atoms with Crippen molar-refractivity contribution >= 4 is 43.0 Å². The number of anilines is 3. The number of carbonyl (C=O) groups excluding carboxylic acids is 1. The quantitative estimate of drug-likeness (QED) is 0.354. The molecule has 0 fully saturated rings. The van der Waals surface area contributed by atoms with Crippen molar-refractivity contribution in [2.75, 3.05) is 28.0 Å². The molecule has 0 aliphatic carbocycles. The van der Waals surface area contributed by atoms with E-state index in [9.17, 15) is 21.6 Å². The van der Waals surface area contributed by atoms with Gasteiger partial charge in [0, 0.05) is 22.5 Å². The van der Waals surface area contributed by atoms with Gasteiger partial charge < -0.3 is 10.1 Å². The van der Waals surface area contributed by atoms with Gasteiger partial charge in [0.1, 0.15) is 12.3 Å². The molecule has 4 aromatic carbocycles. The topological polar surface area (TPSA) is 122 Å². The summed E-state index contributed by atoms with van der Waals surface area (Å²) >= 11 is 0. The summed E-state index contributed by atoms with van der Waals surface area (Å²) in [5, 5.41) is 2.65. The summed E-state index contributed by atoms with van der Waals surface area (Å²) in [6.45, 7) is -0.452. The average Bonchev–Trinajstić information content (AvgIpc) is 2.92. The third kappa shape index (κ3) is 4.81. The van der Waals surface area contributed by atoms with Crippen LogP contribution >= 0.6 is 0 Å². The van der Waals surface area contributed by atoms with Gasteiger partial charge in [0.25, 0.3) is 20.0 Å². The summed E-state index contributed by atoms with van der Waals surface area (Å²) in [5.74, 6) is 0.0211. The summed E-state index contributed by atoms with van der Waals surface area (Å²) < 4.78 is 60.8. The highest BCUT2D eigenvalue weighted by molar-refractivity contribution is 7.93. The molecule has 4 aromatic rings. The summed E-state index contributed by atoms with van der Waals surface area (Å²) in [4.78, 5) is 13.0. The van der Waals surface area contributed by atoms with Gasteiger partial charge in [0.15, 0.2) is 0 Å². The lowest BCUT2D eigenvalue weighted by Gasteiger charge is -2.31. The normalized spacial score (nSPS) is 13.7. The van der Waals surface area contributed by atoms with Gasteiger partial charge in [-0.15, -0.1) is 0 Å². The molecule has 11 heteroatoms. The minimum absolute atomic E-state index is 0.00420. The van der Waals surface area contributed by atoms with Crippen LogP contribution in [0, 0.1) is 0 Å². The average molecular weight is 550 g/mol. The fraction of sp³-hybridized carbons (Fsp3) is 0.0741. The number of hydrogen-bond donors (Lipinski definition) is 2. The first-order chi connectivity index (χ1) is 18.2. The third-order valence-electron chi connectivity index (χ3n) is 6.00. The Labute approximate surface area is 220 Å². The lowest BCUT2D eigenvalue weighted by Crippen LogP contribution is -2.40. The highest BCUT2D eigenvalue weighted by atomic mass is 32.2. The highest BCUT2D eigenvalue weighted by Gasteiger charge is 2.35. The first-order valence-corrected chi connectivity index (χ1v) is 14.4. The third-order valence-corrected chi connectivity index (χ3v) is 9.21. The number of carbonyl (C=O) groups is 1. The van der Waals surface area contributed by atoms with E-state index in [0.717, 1.165) is 4.31 Å². The molecule has 0 saturated carbocycles. The Bertz CT molecular complexity index is 1720. The predicted molar refractivity (Wildman–Crippen MR) is 145 cm³/mol. The van der Waals surface area contributed by atoms with Crippen LogP contribution in [0.5, 0.6) is 5.75 Å². The molecule has 0 atom stereocenters. The van der Waals surface area contributed by atoms with E-state index in [-0.39, 0.29) is 9.79 Å². The van der Waals surface area contributed by atoms with E-state index in [1.54, 1.807) is 54.6 Å². The van der Waals surface area contributed by atoms with E-state index in [1.165, 1.54) is 37.4 Å². The van der Waals surface area contributed by atoms with Crippen molar-refractivity contribution in [2.45, 2.75) is 9.79 Å². The van der Waals surface area contributed by atoms with Crippen LogP contribution in [0.2, 0.25) is 0 Å². The van der Waals surface area contributed by atoms with Crippen LogP contribution in [-0.2, 0) is 24.8 Å². The van der Waals surface area contributed by atoms with E-state index < -0.39 is 32.5 Å². The van der Waals surface area contributed by atoms with Crippen LogP contribution in [-0.4, -0.2) is 36.4 Å². The first-order valence-electron chi connectivity index (χ1n) is 11.5. The van der Waals surface area contributed by atoms with Crippen molar-refractivity contribution in [1.82, 2.24) is 0 Å². The molecular formula is C27H23N3O6S2. The molecule has 1 amide bonds. The van der Waals surface area contributed by atoms with Gasteiger partial charge in [-0.25, -0.2) is 16.8 Å². The first kappa shape index (κ1) is 25.3. The zero-order chi connectivity index (χ0) is 26.9. The van der Waals surface area contributed by atoms with Gasteiger partial charge >= 0.3 is 0 Å². The number of nitrogens with zero attached hydrogens (tertiary/aromatic N) is 1. The number of methoxy groups -OCH3 is 1. The molecule has 0 radical (unpaired) electrons. The lowest BCUT2D eigenvalue weighted by molar-refractivity contribution is -0.114. The molecule has 0 saturated heterocycles. The summed E-state index contributed by atoms with van der Waals surface area (Å²) in [7, 11) is -6.32. The van der Waals surface area contributed by atoms with E-state index in [0.29, 0.717) is 33.9 Å². The zero-order valence-corrected chi connectivity index (χ0v) is 21.8. The molecule has 38 heavy (non-hydrogen) atoms. The van der Waals surface area contributed by atoms with Crippen LogP contribution in [0.3, 0.4) is 0 Å². The minimum atomic E-state index is -3.97. The maximum Gasteiger partial charge on any atom is 0.265 e. The van der Waals surface area contributed by atoms with Crippen LogP contribution in [0.4, 0.5) is 17.1 Å². The van der Waals surface area contributed by atoms with Crippen LogP contribution < -0.4 is 19.1 Å². The van der Waals surface area contributed by atoms with E-state index in [1.807, 2.05) is 12.1 Å². The molecule has 1 aliphatic heterocycles. The molecule has 1 heterocycles. The molecule has 0 unspecified atom stereocenters. The second-order valence-corrected chi connectivity index (χ2v) is 11.9. The summed E-state index contributed by atoms with van der Waals surface area (Å²) in [5.41, 5.74) is 2.39. The smallest absolute Gasteiger partial charge is 0.265 e. The Morgan fingerprint density at radius 2 is 1.42 bits per heavy atom. The number of benzene rings is 4. The number of para-hydroxylation sites is 1. The van der Waals surface area contributed by atoms with Gasteiger partial charge in [0.2, 0.25) is 5.91 Å². The highest BCUT2D eigenvalue weighted by Crippen LogP contribution is 2.42. The SMILES string of the molecule is COc1ccc(NS(=O)(=O)c2ccc(NC(=O)CN3c4ccccc4-c4ccccc4S3(=O)=O)cc2)cc1. The number of rotatable bonds is 7. The van der Waals surface area contributed by atoms with Crippen molar-refractivity contribution < 1.29 is 26.4 Å². The minimum Gasteiger partial charge on any atom is -0.497 e.